The summed E-state index contributed by atoms with van der Waals surface area (Å²) in [5.74, 6) is -4.64. The molecule has 0 spiro atoms. The highest BCUT2D eigenvalue weighted by Crippen LogP contribution is 2.77. The molecule has 0 unspecified atom stereocenters. The Kier molecular flexibility index (Phi) is 4.37. The van der Waals surface area contributed by atoms with E-state index in [4.69, 9.17) is 69.6 Å². The van der Waals surface area contributed by atoms with Gasteiger partial charge < -0.3 is 0 Å². The van der Waals surface area contributed by atoms with Crippen LogP contribution in [0.1, 0.15) is 5.56 Å². The van der Waals surface area contributed by atoms with Crippen molar-refractivity contribution in [3.63, 3.8) is 0 Å². The number of hydrogen-bond acceptors (Lipinski definition) is 2. The molecule has 1 saturated carbocycles. The lowest BCUT2D eigenvalue weighted by Crippen LogP contribution is -2.50. The van der Waals surface area contributed by atoms with Gasteiger partial charge in [-0.15, -0.1) is 23.2 Å². The van der Waals surface area contributed by atoms with Crippen LogP contribution in [0.4, 0.5) is 18.9 Å². The van der Waals surface area contributed by atoms with Gasteiger partial charge >= 0.3 is 6.18 Å². The first kappa shape index (κ1) is 20.9. The number of fused-ring (bicyclic) bond motifs is 5. The molecule has 12 heteroatoms. The van der Waals surface area contributed by atoms with Gasteiger partial charge in [0.2, 0.25) is 11.8 Å². The number of imide groups is 1. The van der Waals surface area contributed by atoms with Gasteiger partial charge in [0, 0.05) is 0 Å². The van der Waals surface area contributed by atoms with Crippen LogP contribution in [0.25, 0.3) is 0 Å². The molecular weight excluding hydrogens is 508 g/mol. The van der Waals surface area contributed by atoms with Gasteiger partial charge in [0.1, 0.15) is 9.75 Å². The number of allylic oxidation sites excluding steroid dienone is 2. The summed E-state index contributed by atoms with van der Waals surface area (Å²) in [6, 6.07) is 3.73. The second kappa shape index (κ2) is 5.86. The van der Waals surface area contributed by atoms with E-state index < -0.39 is 49.5 Å². The van der Waals surface area contributed by atoms with E-state index in [1.165, 1.54) is 6.07 Å². The number of nitrogens with zero attached hydrogens (tertiary/aromatic N) is 1. The lowest BCUT2D eigenvalue weighted by Gasteiger charge is -2.34. The molecule has 1 aliphatic heterocycles. The Morgan fingerprint density at radius 3 is 1.79 bits per heavy atom. The summed E-state index contributed by atoms with van der Waals surface area (Å²) in [6.07, 6.45) is -4.67. The van der Waals surface area contributed by atoms with E-state index in [0.717, 1.165) is 12.1 Å². The molecule has 4 rings (SSSR count). The van der Waals surface area contributed by atoms with Crippen molar-refractivity contribution in [1.82, 2.24) is 0 Å². The summed E-state index contributed by atoms with van der Waals surface area (Å²) in [7, 11) is 0. The number of benzene rings is 1. The average molecular weight is 514 g/mol. The van der Waals surface area contributed by atoms with Crippen LogP contribution in [0.5, 0.6) is 0 Å². The topological polar surface area (TPSA) is 37.4 Å². The minimum atomic E-state index is -4.67. The normalized spacial score (nSPS) is 36.5. The Morgan fingerprint density at radius 2 is 1.36 bits per heavy atom. The molecule has 0 radical (unpaired) electrons. The van der Waals surface area contributed by atoms with E-state index in [1.807, 2.05) is 0 Å². The summed E-state index contributed by atoms with van der Waals surface area (Å²) in [4.78, 5) is 22.7. The van der Waals surface area contributed by atoms with E-state index in [1.54, 1.807) is 0 Å². The highest BCUT2D eigenvalue weighted by atomic mass is 35.5. The molecule has 150 valence electrons. The second-order valence-corrected chi connectivity index (χ2v) is 9.92. The Bertz CT molecular complexity index is 933. The van der Waals surface area contributed by atoms with Crippen molar-refractivity contribution in [2.24, 2.45) is 11.8 Å². The predicted octanol–water partition coefficient (Wildman–Crippen LogP) is 5.66. The molecule has 1 aromatic carbocycles. The highest BCUT2D eigenvalue weighted by molar-refractivity contribution is 6.67. The lowest BCUT2D eigenvalue weighted by atomic mass is 9.84. The van der Waals surface area contributed by atoms with Gasteiger partial charge in [-0.1, -0.05) is 52.5 Å². The van der Waals surface area contributed by atoms with Crippen LogP contribution < -0.4 is 4.90 Å². The number of halogens is 9. The fourth-order valence-corrected chi connectivity index (χ4v) is 7.00. The number of rotatable bonds is 1. The zero-order chi connectivity index (χ0) is 21.0. The molecule has 2 aliphatic carbocycles. The van der Waals surface area contributed by atoms with Gasteiger partial charge in [-0.2, -0.15) is 13.2 Å². The van der Waals surface area contributed by atoms with Crippen molar-refractivity contribution in [2.75, 3.05) is 4.90 Å². The lowest BCUT2D eigenvalue weighted by molar-refractivity contribution is -0.137. The van der Waals surface area contributed by atoms with Crippen LogP contribution in [-0.4, -0.2) is 25.9 Å². The monoisotopic (exact) mass is 511 g/mol. The van der Waals surface area contributed by atoms with Gasteiger partial charge in [-0.25, -0.2) is 4.90 Å². The van der Waals surface area contributed by atoms with Crippen LogP contribution in [0.2, 0.25) is 0 Å². The number of anilines is 1. The van der Waals surface area contributed by atoms with Gasteiger partial charge in [-0.05, 0) is 18.2 Å². The number of alkyl halides is 7. The average Bonchev–Trinajstić information content (AvgIpc) is 2.99. The fraction of sp³-hybridized carbons (Fsp3) is 0.375. The summed E-state index contributed by atoms with van der Waals surface area (Å²) >= 11 is 38.1. The molecule has 3 aliphatic rings. The third kappa shape index (κ3) is 2.12. The molecule has 0 N–H and O–H groups in total. The number of carbonyl (C=O) groups is 2. The quantitative estimate of drug-likeness (QED) is 0.359. The highest BCUT2D eigenvalue weighted by Gasteiger charge is 2.87. The minimum Gasteiger partial charge on any atom is -0.274 e. The molecule has 2 fully saturated rings. The summed E-state index contributed by atoms with van der Waals surface area (Å²) in [6.45, 7) is 0. The van der Waals surface area contributed by atoms with E-state index in [2.05, 4.69) is 0 Å². The molecule has 1 heterocycles. The van der Waals surface area contributed by atoms with Gasteiger partial charge in [0.05, 0.1) is 33.2 Å². The number of carbonyl (C=O) groups excluding carboxylic acids is 2. The van der Waals surface area contributed by atoms with Crippen molar-refractivity contribution >= 4 is 87.1 Å². The van der Waals surface area contributed by atoms with Crippen molar-refractivity contribution in [2.45, 2.75) is 20.3 Å². The predicted molar refractivity (Wildman–Crippen MR) is 101 cm³/mol. The maximum absolute atomic E-state index is 13.1. The van der Waals surface area contributed by atoms with Crippen LogP contribution in [0, 0.1) is 11.8 Å². The summed E-state index contributed by atoms with van der Waals surface area (Å²) in [5, 5.41) is -0.548. The van der Waals surface area contributed by atoms with Crippen molar-refractivity contribution < 1.29 is 22.8 Å². The zero-order valence-corrected chi connectivity index (χ0v) is 17.7. The number of amides is 2. The standard InChI is InChI=1S/C16H6Cl6F3NO2/c17-9-10(18)14(20)8-7(13(9,19)16(14,21)22)11(27)26(12(8)28)6-3-1-2-5(4-6)15(23,24)25/h1-4,7-8H/t7-,8+,13+,14-. The van der Waals surface area contributed by atoms with Crippen LogP contribution in [0.3, 0.4) is 0 Å². The van der Waals surface area contributed by atoms with Gasteiger partial charge in [0.15, 0.2) is 4.33 Å². The van der Waals surface area contributed by atoms with Gasteiger partial charge in [-0.3, -0.25) is 9.59 Å². The second-order valence-electron chi connectivity index (χ2n) is 6.64. The van der Waals surface area contributed by atoms with Crippen LogP contribution >= 0.6 is 69.6 Å². The Hall–Kier alpha value is -0.370. The largest absolute Gasteiger partial charge is 0.416 e. The van der Waals surface area contributed by atoms with E-state index in [9.17, 15) is 22.8 Å². The van der Waals surface area contributed by atoms with Crippen LogP contribution in [-0.2, 0) is 15.8 Å². The fourth-order valence-electron chi connectivity index (χ4n) is 4.07. The van der Waals surface area contributed by atoms with Gasteiger partial charge in [0.25, 0.3) is 0 Å². The molecule has 1 aromatic rings. The van der Waals surface area contributed by atoms with Crippen LogP contribution in [0.15, 0.2) is 34.3 Å². The molecule has 1 saturated heterocycles. The molecular formula is C16H6Cl6F3NO2. The third-order valence-corrected chi connectivity index (χ3v) is 9.60. The Labute approximate surface area is 186 Å². The summed E-state index contributed by atoms with van der Waals surface area (Å²) in [5.41, 5.74) is -1.33. The van der Waals surface area contributed by atoms with E-state index in [0.29, 0.717) is 11.0 Å². The zero-order valence-electron chi connectivity index (χ0n) is 13.1. The first-order chi connectivity index (χ1) is 12.7. The Balaban J connectivity index is 1.87. The van der Waals surface area contributed by atoms with Crippen molar-refractivity contribution in [3.8, 4) is 0 Å². The maximum atomic E-state index is 13.1. The molecule has 3 nitrogen and oxygen atoms in total. The first-order valence-corrected chi connectivity index (χ1v) is 9.86. The van der Waals surface area contributed by atoms with E-state index in [-0.39, 0.29) is 15.8 Å². The third-order valence-electron chi connectivity index (χ3n) is 5.34. The SMILES string of the molecule is O=C1[C@@H]2[C@H](C(=O)N1c1cccc(C(F)(F)F)c1)[C@]1(Cl)C(Cl)=C(Cl)[C@@]2(Cl)C1(Cl)Cl. The molecule has 4 atom stereocenters. The van der Waals surface area contributed by atoms with Crippen molar-refractivity contribution in [1.29, 1.82) is 0 Å². The minimum absolute atomic E-state index is 0.274. The van der Waals surface area contributed by atoms with E-state index >= 15 is 0 Å². The van der Waals surface area contributed by atoms with Crippen molar-refractivity contribution in [3.05, 3.63) is 39.9 Å². The molecule has 2 bridgehead atoms. The first-order valence-electron chi connectivity index (χ1n) is 7.59. The Morgan fingerprint density at radius 1 is 0.893 bits per heavy atom. The number of hydrogen-bond donors (Lipinski definition) is 0. The summed E-state index contributed by atoms with van der Waals surface area (Å²) < 4.78 is 37.0. The molecule has 28 heavy (non-hydrogen) atoms. The maximum Gasteiger partial charge on any atom is 0.416 e. The molecule has 0 aromatic heterocycles. The molecule has 2 amide bonds. The smallest absolute Gasteiger partial charge is 0.274 e.